The van der Waals surface area contributed by atoms with Gasteiger partial charge in [0.05, 0.1) is 11.1 Å². The van der Waals surface area contributed by atoms with Crippen molar-refractivity contribution in [2.24, 2.45) is 0 Å². The van der Waals surface area contributed by atoms with Crippen LogP contribution in [0.15, 0.2) is 41.6 Å². The minimum atomic E-state index is -3.48. The Morgan fingerprint density at radius 2 is 1.69 bits per heavy atom. The second-order valence-electron chi connectivity index (χ2n) is 6.62. The summed E-state index contributed by atoms with van der Waals surface area (Å²) in [5.41, 5.74) is 2.17. The summed E-state index contributed by atoms with van der Waals surface area (Å²) >= 11 is 0. The summed E-state index contributed by atoms with van der Waals surface area (Å²) in [5, 5.41) is 10.1. The highest BCUT2D eigenvalue weighted by Crippen LogP contribution is 2.23. The van der Waals surface area contributed by atoms with Gasteiger partial charge >= 0.3 is 0 Å². The summed E-state index contributed by atoms with van der Waals surface area (Å²) in [6.45, 7) is 12.2. The molecule has 1 aliphatic rings. The van der Waals surface area contributed by atoms with Gasteiger partial charge in [-0.05, 0) is 63.4 Å². The molecule has 164 valence electrons. The number of nitrogens with zero attached hydrogens (tertiary/aromatic N) is 2. The topological polar surface area (TPSA) is 78.1 Å². The van der Waals surface area contributed by atoms with E-state index < -0.39 is 10.0 Å². The van der Waals surface area contributed by atoms with Crippen molar-refractivity contribution >= 4 is 10.0 Å². The van der Waals surface area contributed by atoms with Crippen LogP contribution in [-0.2, 0) is 16.4 Å². The van der Waals surface area contributed by atoms with E-state index in [1.54, 1.807) is 22.6 Å². The van der Waals surface area contributed by atoms with E-state index in [4.69, 9.17) is 0 Å². The van der Waals surface area contributed by atoms with Crippen molar-refractivity contribution in [1.82, 2.24) is 19.8 Å². The molecule has 1 aliphatic heterocycles. The lowest BCUT2D eigenvalue weighted by Gasteiger charge is -2.33. The van der Waals surface area contributed by atoms with E-state index in [0.717, 1.165) is 49.9 Å². The maximum Gasteiger partial charge on any atom is 0.243 e. The van der Waals surface area contributed by atoms with Crippen LogP contribution in [0, 0.1) is 6.92 Å². The molecule has 0 spiro atoms. The average Bonchev–Trinajstić information content (AvgIpc) is 3.28. The van der Waals surface area contributed by atoms with Crippen molar-refractivity contribution in [3.63, 3.8) is 0 Å². The van der Waals surface area contributed by atoms with Crippen molar-refractivity contribution in [2.45, 2.75) is 71.2 Å². The third-order valence-corrected chi connectivity index (χ3v) is 6.71. The number of H-pyrrole nitrogens is 1. The van der Waals surface area contributed by atoms with Crippen molar-refractivity contribution in [3.8, 4) is 0 Å². The molecule has 6 nitrogen and oxygen atoms in total. The first-order valence-corrected chi connectivity index (χ1v) is 12.3. The van der Waals surface area contributed by atoms with Crippen molar-refractivity contribution in [1.29, 1.82) is 0 Å². The molecule has 2 heterocycles. The Labute approximate surface area is 177 Å². The smallest absolute Gasteiger partial charge is 0.243 e. The van der Waals surface area contributed by atoms with E-state index in [1.807, 2.05) is 52.9 Å². The molecule has 0 radical (unpaired) electrons. The van der Waals surface area contributed by atoms with Crippen LogP contribution in [0.2, 0.25) is 0 Å². The molecule has 3 rings (SSSR count). The lowest BCUT2D eigenvalue weighted by Crippen LogP contribution is -2.46. The third kappa shape index (κ3) is 7.57. The molecule has 7 heteroatoms. The van der Waals surface area contributed by atoms with Gasteiger partial charge < -0.3 is 5.32 Å². The van der Waals surface area contributed by atoms with Gasteiger partial charge in [0.25, 0.3) is 0 Å². The molecule has 0 amide bonds. The number of hydrogen-bond acceptors (Lipinski definition) is 4. The van der Waals surface area contributed by atoms with E-state index in [9.17, 15) is 8.42 Å². The van der Waals surface area contributed by atoms with E-state index in [1.165, 1.54) is 0 Å². The number of sulfonamides is 1. The first-order valence-electron chi connectivity index (χ1n) is 10.8. The second-order valence-corrected chi connectivity index (χ2v) is 8.51. The van der Waals surface area contributed by atoms with Crippen LogP contribution < -0.4 is 5.32 Å². The predicted molar refractivity (Wildman–Crippen MR) is 121 cm³/mol. The van der Waals surface area contributed by atoms with Crippen LogP contribution >= 0.6 is 0 Å². The van der Waals surface area contributed by atoms with E-state index in [0.29, 0.717) is 11.4 Å². The molecule has 1 saturated heterocycles. The lowest BCUT2D eigenvalue weighted by molar-refractivity contribution is 0.260. The van der Waals surface area contributed by atoms with Crippen LogP contribution in [0.1, 0.15) is 58.1 Å². The molecule has 1 aromatic heterocycles. The Kier molecular flexibility index (Phi) is 11.8. The number of nitrogens with one attached hydrogen (secondary N) is 2. The van der Waals surface area contributed by atoms with Crippen LogP contribution in [0.25, 0.3) is 0 Å². The molecule has 0 saturated carbocycles. The molecule has 0 unspecified atom stereocenters. The number of aromatic amines is 1. The summed E-state index contributed by atoms with van der Waals surface area (Å²) in [7, 11) is -3.48. The molecule has 2 aromatic rings. The molecule has 2 N–H and O–H groups in total. The van der Waals surface area contributed by atoms with E-state index in [-0.39, 0.29) is 6.04 Å². The summed E-state index contributed by atoms with van der Waals surface area (Å²) in [6.07, 6.45) is 6.98. The molecule has 0 bridgehead atoms. The first-order chi connectivity index (χ1) is 14.1. The standard InChI is InChI=1S/C18H26N4O2S.2C2H6/c1-15-4-6-18(7-5-15)25(23,24)22(17-8-10-19-11-9-17)12-2-3-16-13-20-21-14-16;2*1-2/h4-7,13-14,17,19H,2-3,8-12H2,1H3,(H,20,21);2*1-2H3. The Hall–Kier alpha value is -1.70. The van der Waals surface area contributed by atoms with Crippen LogP contribution in [0.5, 0.6) is 0 Å². The van der Waals surface area contributed by atoms with E-state index in [2.05, 4.69) is 15.5 Å². The molecular weight excluding hydrogens is 384 g/mol. The van der Waals surface area contributed by atoms with Gasteiger partial charge in [0.1, 0.15) is 0 Å². The quantitative estimate of drug-likeness (QED) is 0.703. The van der Waals surface area contributed by atoms with Gasteiger partial charge in [-0.25, -0.2) is 8.42 Å². The fourth-order valence-corrected chi connectivity index (χ4v) is 5.02. The van der Waals surface area contributed by atoms with Gasteiger partial charge in [0.2, 0.25) is 10.0 Å². The van der Waals surface area contributed by atoms with Gasteiger partial charge in [0, 0.05) is 18.8 Å². The normalized spacial score (nSPS) is 14.6. The highest BCUT2D eigenvalue weighted by molar-refractivity contribution is 7.89. The monoisotopic (exact) mass is 422 g/mol. The lowest BCUT2D eigenvalue weighted by atomic mass is 10.1. The fraction of sp³-hybridized carbons (Fsp3) is 0.591. The van der Waals surface area contributed by atoms with Crippen molar-refractivity contribution < 1.29 is 8.42 Å². The summed E-state index contributed by atoms with van der Waals surface area (Å²) in [5.74, 6) is 0. The molecule has 1 aromatic carbocycles. The number of aromatic nitrogens is 2. The second kappa shape index (κ2) is 13.5. The van der Waals surface area contributed by atoms with Gasteiger partial charge in [-0.1, -0.05) is 45.4 Å². The number of hydrogen-bond donors (Lipinski definition) is 2. The van der Waals surface area contributed by atoms with Gasteiger partial charge in [-0.2, -0.15) is 9.40 Å². The summed E-state index contributed by atoms with van der Waals surface area (Å²) in [4.78, 5) is 0.389. The highest BCUT2D eigenvalue weighted by Gasteiger charge is 2.31. The zero-order valence-corrected chi connectivity index (χ0v) is 19.4. The maximum atomic E-state index is 13.2. The fourth-order valence-electron chi connectivity index (χ4n) is 3.29. The number of aryl methyl sites for hydroxylation is 2. The van der Waals surface area contributed by atoms with Crippen molar-refractivity contribution in [2.75, 3.05) is 19.6 Å². The van der Waals surface area contributed by atoms with Crippen molar-refractivity contribution in [3.05, 3.63) is 47.8 Å². The highest BCUT2D eigenvalue weighted by atomic mass is 32.2. The molecule has 0 atom stereocenters. The Morgan fingerprint density at radius 3 is 2.24 bits per heavy atom. The largest absolute Gasteiger partial charge is 0.317 e. The summed E-state index contributed by atoms with van der Waals surface area (Å²) in [6, 6.07) is 7.22. The number of piperidine rings is 1. The average molecular weight is 423 g/mol. The van der Waals surface area contributed by atoms with E-state index >= 15 is 0 Å². The van der Waals surface area contributed by atoms with Gasteiger partial charge in [0.15, 0.2) is 0 Å². The summed E-state index contributed by atoms with van der Waals surface area (Å²) < 4.78 is 28.2. The molecule has 0 aliphatic carbocycles. The van der Waals surface area contributed by atoms with Gasteiger partial charge in [-0.3, -0.25) is 5.10 Å². The Morgan fingerprint density at radius 1 is 1.07 bits per heavy atom. The van der Waals surface area contributed by atoms with Crippen LogP contribution in [0.3, 0.4) is 0 Å². The predicted octanol–water partition coefficient (Wildman–Crippen LogP) is 4.15. The van der Waals surface area contributed by atoms with Crippen LogP contribution in [-0.4, -0.2) is 48.6 Å². The van der Waals surface area contributed by atoms with Gasteiger partial charge in [-0.15, -0.1) is 0 Å². The minimum Gasteiger partial charge on any atom is -0.317 e. The SMILES string of the molecule is CC.CC.Cc1ccc(S(=O)(=O)N(CCCc2cn[nH]c2)C2CCNCC2)cc1. The Bertz CT molecular complexity index is 753. The molecule has 29 heavy (non-hydrogen) atoms. The minimum absolute atomic E-state index is 0.0666. The number of rotatable bonds is 7. The maximum absolute atomic E-state index is 13.2. The van der Waals surface area contributed by atoms with Crippen LogP contribution in [0.4, 0.5) is 0 Å². The molecule has 1 fully saturated rings. The molecular formula is C22H38N4O2S. The zero-order chi connectivity index (χ0) is 21.7. The number of benzene rings is 1. The first kappa shape index (κ1) is 25.3. The third-order valence-electron chi connectivity index (χ3n) is 4.74. The Balaban J connectivity index is 0.000000989. The zero-order valence-electron chi connectivity index (χ0n) is 18.6.